The fourth-order valence-electron chi connectivity index (χ4n) is 0.695. The summed E-state index contributed by atoms with van der Waals surface area (Å²) in [5.74, 6) is 0. The first kappa shape index (κ1) is 5.56. The summed E-state index contributed by atoms with van der Waals surface area (Å²) in [6.45, 7) is 0.192. The van der Waals surface area contributed by atoms with E-state index in [2.05, 4.69) is 10.5 Å². The summed E-state index contributed by atoms with van der Waals surface area (Å²) in [4.78, 5) is 0. The first-order valence-corrected chi connectivity index (χ1v) is 2.81. The van der Waals surface area contributed by atoms with Crippen molar-refractivity contribution in [1.82, 2.24) is 5.43 Å². The van der Waals surface area contributed by atoms with Crippen molar-refractivity contribution < 1.29 is 5.11 Å². The third-order valence-electron chi connectivity index (χ3n) is 1.21. The van der Waals surface area contributed by atoms with Gasteiger partial charge in [0.15, 0.2) is 0 Å². The molecule has 0 amide bonds. The summed E-state index contributed by atoms with van der Waals surface area (Å²) in [6.07, 6.45) is 3.81. The quantitative estimate of drug-likeness (QED) is 0.492. The van der Waals surface area contributed by atoms with Crippen molar-refractivity contribution in [2.24, 2.45) is 5.10 Å². The molecule has 46 valence electrons. The second kappa shape index (κ2) is 2.67. The molecule has 1 aliphatic rings. The highest BCUT2D eigenvalue weighted by molar-refractivity contribution is 5.57. The lowest BCUT2D eigenvalue weighted by Gasteiger charge is -2.15. The Hall–Kier alpha value is -0.570. The molecule has 0 saturated carbocycles. The third-order valence-corrected chi connectivity index (χ3v) is 1.21. The highest BCUT2D eigenvalue weighted by atomic mass is 16.3. The Morgan fingerprint density at radius 3 is 3.12 bits per heavy atom. The smallest absolute Gasteiger partial charge is 0.0674 e. The van der Waals surface area contributed by atoms with Gasteiger partial charge in [-0.25, -0.2) is 0 Å². The number of rotatable bonds is 1. The van der Waals surface area contributed by atoms with Crippen LogP contribution in [0.25, 0.3) is 0 Å². The minimum Gasteiger partial charge on any atom is -0.394 e. The number of aliphatic hydroxyl groups is 1. The molecule has 1 rings (SSSR count). The number of hydrogen-bond donors (Lipinski definition) is 2. The molecule has 0 saturated heterocycles. The molecule has 0 fully saturated rings. The van der Waals surface area contributed by atoms with Gasteiger partial charge in [-0.05, 0) is 12.8 Å². The summed E-state index contributed by atoms with van der Waals surface area (Å²) in [7, 11) is 0. The van der Waals surface area contributed by atoms with Crippen molar-refractivity contribution >= 4 is 6.21 Å². The Labute approximate surface area is 48.4 Å². The summed E-state index contributed by atoms with van der Waals surface area (Å²) in [5, 5.41) is 12.3. The van der Waals surface area contributed by atoms with Gasteiger partial charge in [-0.1, -0.05) is 0 Å². The van der Waals surface area contributed by atoms with E-state index in [1.807, 2.05) is 6.21 Å². The maximum absolute atomic E-state index is 8.55. The first-order chi connectivity index (χ1) is 3.93. The fraction of sp³-hybridized carbons (Fsp3) is 0.800. The largest absolute Gasteiger partial charge is 0.394 e. The van der Waals surface area contributed by atoms with E-state index in [-0.39, 0.29) is 12.6 Å². The predicted octanol–water partition coefficient (Wildman–Crippen LogP) is -0.284. The second-order valence-corrected chi connectivity index (χ2v) is 1.90. The Morgan fingerprint density at radius 2 is 2.75 bits per heavy atom. The molecule has 3 heteroatoms. The average Bonchev–Trinajstić information content (AvgIpc) is 1.90. The molecule has 2 N–H and O–H groups in total. The lowest BCUT2D eigenvalue weighted by molar-refractivity contribution is 0.236. The van der Waals surface area contributed by atoms with E-state index in [0.29, 0.717) is 0 Å². The van der Waals surface area contributed by atoms with E-state index in [4.69, 9.17) is 5.11 Å². The van der Waals surface area contributed by atoms with Gasteiger partial charge in [0.2, 0.25) is 0 Å². The second-order valence-electron chi connectivity index (χ2n) is 1.90. The van der Waals surface area contributed by atoms with Gasteiger partial charge in [0.1, 0.15) is 0 Å². The maximum Gasteiger partial charge on any atom is 0.0674 e. The van der Waals surface area contributed by atoms with Crippen LogP contribution in [0.3, 0.4) is 0 Å². The van der Waals surface area contributed by atoms with E-state index < -0.39 is 0 Å². The number of nitrogens with one attached hydrogen (secondary N) is 1. The van der Waals surface area contributed by atoms with Gasteiger partial charge >= 0.3 is 0 Å². The molecule has 1 atom stereocenters. The lowest BCUT2D eigenvalue weighted by Crippen LogP contribution is -2.30. The van der Waals surface area contributed by atoms with Crippen molar-refractivity contribution in [3.8, 4) is 0 Å². The summed E-state index contributed by atoms with van der Waals surface area (Å²) in [5.41, 5.74) is 2.79. The molecule has 0 bridgehead atoms. The number of aliphatic hydroxyl groups excluding tert-OH is 1. The molecule has 0 aromatic heterocycles. The van der Waals surface area contributed by atoms with Crippen LogP contribution in [0.4, 0.5) is 0 Å². The van der Waals surface area contributed by atoms with E-state index in [1.54, 1.807) is 0 Å². The molecule has 0 aromatic carbocycles. The van der Waals surface area contributed by atoms with Gasteiger partial charge in [-0.15, -0.1) is 0 Å². The zero-order chi connectivity index (χ0) is 5.82. The highest BCUT2D eigenvalue weighted by Gasteiger charge is 2.05. The topological polar surface area (TPSA) is 44.6 Å². The Balaban J connectivity index is 2.27. The molecule has 8 heavy (non-hydrogen) atoms. The van der Waals surface area contributed by atoms with E-state index >= 15 is 0 Å². The Kier molecular flexibility index (Phi) is 1.86. The van der Waals surface area contributed by atoms with Crippen LogP contribution < -0.4 is 5.43 Å². The number of hydrogen-bond acceptors (Lipinski definition) is 3. The van der Waals surface area contributed by atoms with Crippen LogP contribution in [0.15, 0.2) is 5.10 Å². The molecule has 1 heterocycles. The van der Waals surface area contributed by atoms with Gasteiger partial charge in [0.05, 0.1) is 12.6 Å². The van der Waals surface area contributed by atoms with Crippen molar-refractivity contribution in [1.29, 1.82) is 0 Å². The van der Waals surface area contributed by atoms with E-state index in [0.717, 1.165) is 12.8 Å². The van der Waals surface area contributed by atoms with Crippen LogP contribution in [0.1, 0.15) is 12.8 Å². The lowest BCUT2D eigenvalue weighted by atomic mass is 10.2. The summed E-state index contributed by atoms with van der Waals surface area (Å²) < 4.78 is 0. The van der Waals surface area contributed by atoms with Crippen molar-refractivity contribution in [2.75, 3.05) is 6.61 Å². The number of hydrazone groups is 1. The van der Waals surface area contributed by atoms with Crippen LogP contribution in [0.2, 0.25) is 0 Å². The standard InChI is InChI=1S/C5H10N2O/c8-4-5-2-1-3-6-7-5/h3,5,7-8H,1-2,4H2. The van der Waals surface area contributed by atoms with Crippen LogP contribution in [0, 0.1) is 0 Å². The maximum atomic E-state index is 8.55. The fourth-order valence-corrected chi connectivity index (χ4v) is 0.695. The minimum atomic E-state index is 0.192. The zero-order valence-corrected chi connectivity index (χ0v) is 4.67. The van der Waals surface area contributed by atoms with Gasteiger partial charge < -0.3 is 10.5 Å². The van der Waals surface area contributed by atoms with Gasteiger partial charge in [0, 0.05) is 6.21 Å². The van der Waals surface area contributed by atoms with Crippen LogP contribution in [-0.2, 0) is 0 Å². The molecule has 1 unspecified atom stereocenters. The summed E-state index contributed by atoms with van der Waals surface area (Å²) >= 11 is 0. The molecular weight excluding hydrogens is 104 g/mol. The minimum absolute atomic E-state index is 0.192. The molecular formula is C5H10N2O. The van der Waals surface area contributed by atoms with Crippen LogP contribution in [0.5, 0.6) is 0 Å². The SMILES string of the molecule is OCC1CCC=NN1. The van der Waals surface area contributed by atoms with Crippen molar-refractivity contribution in [3.63, 3.8) is 0 Å². The van der Waals surface area contributed by atoms with Gasteiger partial charge in [0.25, 0.3) is 0 Å². The van der Waals surface area contributed by atoms with Crippen LogP contribution in [-0.4, -0.2) is 24.0 Å². The summed E-state index contributed by atoms with van der Waals surface area (Å²) in [6, 6.07) is 0.194. The average molecular weight is 114 g/mol. The molecule has 0 radical (unpaired) electrons. The zero-order valence-electron chi connectivity index (χ0n) is 4.67. The molecule has 1 aliphatic heterocycles. The van der Waals surface area contributed by atoms with Crippen molar-refractivity contribution in [3.05, 3.63) is 0 Å². The van der Waals surface area contributed by atoms with Crippen molar-refractivity contribution in [2.45, 2.75) is 18.9 Å². The normalized spacial score (nSPS) is 27.4. The Bertz CT molecular complexity index is 92.4. The predicted molar refractivity (Wildman–Crippen MR) is 31.7 cm³/mol. The van der Waals surface area contributed by atoms with E-state index in [1.165, 1.54) is 0 Å². The molecule has 0 aliphatic carbocycles. The third kappa shape index (κ3) is 1.20. The molecule has 0 spiro atoms. The monoisotopic (exact) mass is 114 g/mol. The van der Waals surface area contributed by atoms with Gasteiger partial charge in [-0.2, -0.15) is 5.10 Å². The van der Waals surface area contributed by atoms with Crippen LogP contribution >= 0.6 is 0 Å². The highest BCUT2D eigenvalue weighted by Crippen LogP contribution is 1.97. The number of nitrogens with zero attached hydrogens (tertiary/aromatic N) is 1. The molecule has 0 aromatic rings. The first-order valence-electron chi connectivity index (χ1n) is 2.81. The van der Waals surface area contributed by atoms with E-state index in [9.17, 15) is 0 Å². The molecule has 3 nitrogen and oxygen atoms in total. The van der Waals surface area contributed by atoms with Gasteiger partial charge in [-0.3, -0.25) is 0 Å². The Morgan fingerprint density at radius 1 is 1.88 bits per heavy atom.